The fourth-order valence-corrected chi connectivity index (χ4v) is 8.83. The van der Waals surface area contributed by atoms with Gasteiger partial charge in [-0.15, -0.1) is 0 Å². The first-order valence-corrected chi connectivity index (χ1v) is 13.5. The maximum Gasteiger partial charge on any atom is 0.124 e. The molecule has 4 aromatic carbocycles. The molecular formula is C26H23O4PS. The lowest BCUT2D eigenvalue weighted by Crippen LogP contribution is -2.32. The Morgan fingerprint density at radius 3 is 1.75 bits per heavy atom. The number of hydrogen-bond donors (Lipinski definition) is 0. The predicted octanol–water partition coefficient (Wildman–Crippen LogP) is 4.09. The molecule has 0 unspecified atom stereocenters. The van der Waals surface area contributed by atoms with Gasteiger partial charge >= 0.3 is 0 Å². The van der Waals surface area contributed by atoms with Gasteiger partial charge in [0.25, 0.3) is 0 Å². The molecule has 0 N–H and O–H groups in total. The summed E-state index contributed by atoms with van der Waals surface area (Å²) in [4.78, 5) is -0.207. The fourth-order valence-electron chi connectivity index (χ4n) is 3.97. The zero-order valence-corrected chi connectivity index (χ0v) is 19.3. The molecule has 0 atom stereocenters. The third-order valence-corrected chi connectivity index (χ3v) is 10.7. The van der Waals surface area contributed by atoms with Gasteiger partial charge in [-0.25, -0.2) is 8.42 Å². The number of hydrogen-bond acceptors (Lipinski definition) is 4. The zero-order chi connectivity index (χ0) is 22.6. The second kappa shape index (κ2) is 9.25. The average molecular weight is 463 g/mol. The summed E-state index contributed by atoms with van der Waals surface area (Å²) in [5.41, 5.74) is 1.10. The first kappa shape index (κ1) is 22.2. The summed E-state index contributed by atoms with van der Waals surface area (Å²) in [5, 5.41) is 3.08. The molecule has 0 fully saturated rings. The molecule has 0 aliphatic carbocycles. The zero-order valence-electron chi connectivity index (χ0n) is 17.6. The lowest BCUT2D eigenvalue weighted by molar-refractivity contribution is 0.414. The van der Waals surface area contributed by atoms with Crippen molar-refractivity contribution in [3.63, 3.8) is 0 Å². The Kier molecular flexibility index (Phi) is 6.43. The molecule has 0 saturated heterocycles. The van der Waals surface area contributed by atoms with E-state index in [0.29, 0.717) is 6.16 Å². The molecule has 32 heavy (non-hydrogen) atoms. The van der Waals surface area contributed by atoms with Crippen molar-refractivity contribution in [2.75, 3.05) is 7.11 Å². The molecular weight excluding hydrogens is 439 g/mol. The lowest BCUT2D eigenvalue weighted by atomic mass is 10.2. The highest BCUT2D eigenvalue weighted by molar-refractivity contribution is 7.95. The van der Waals surface area contributed by atoms with Crippen molar-refractivity contribution < 1.29 is 17.7 Å². The Hall–Kier alpha value is -2.98. The van der Waals surface area contributed by atoms with E-state index in [-0.39, 0.29) is 4.90 Å². The van der Waals surface area contributed by atoms with Crippen LogP contribution in [0.15, 0.2) is 114 Å². The fraction of sp³-hybridized carbons (Fsp3) is 0.0769. The summed E-state index contributed by atoms with van der Waals surface area (Å²) in [6.07, 6.45) is 0.674. The Morgan fingerprint density at radius 1 is 0.719 bits per heavy atom. The molecule has 4 nitrogen and oxygen atoms in total. The van der Waals surface area contributed by atoms with Gasteiger partial charge in [0.1, 0.15) is 39.0 Å². The van der Waals surface area contributed by atoms with Crippen molar-refractivity contribution in [1.29, 1.82) is 0 Å². The van der Waals surface area contributed by atoms with Crippen LogP contribution in [0.25, 0.3) is 0 Å². The maximum atomic E-state index is 11.9. The third-order valence-electron chi connectivity index (χ3n) is 5.52. The van der Waals surface area contributed by atoms with Crippen LogP contribution in [0.1, 0.15) is 5.56 Å². The highest BCUT2D eigenvalue weighted by atomic mass is 32.2. The van der Waals surface area contributed by atoms with E-state index in [1.54, 1.807) is 19.2 Å². The largest absolute Gasteiger partial charge is 0.744 e. The molecule has 6 heteroatoms. The van der Waals surface area contributed by atoms with Crippen molar-refractivity contribution in [2.24, 2.45) is 0 Å². The van der Waals surface area contributed by atoms with Crippen LogP contribution < -0.4 is 20.7 Å². The first-order valence-electron chi connectivity index (χ1n) is 10.1. The molecule has 0 saturated carbocycles. The minimum atomic E-state index is -4.58. The smallest absolute Gasteiger partial charge is 0.124 e. The monoisotopic (exact) mass is 462 g/mol. The minimum absolute atomic E-state index is 0.207. The van der Waals surface area contributed by atoms with Crippen LogP contribution in [0.4, 0.5) is 0 Å². The topological polar surface area (TPSA) is 66.4 Å². The van der Waals surface area contributed by atoms with Crippen molar-refractivity contribution in [3.05, 3.63) is 115 Å². The molecule has 0 aromatic heterocycles. The van der Waals surface area contributed by atoms with Crippen molar-refractivity contribution >= 4 is 33.3 Å². The highest BCUT2D eigenvalue weighted by Gasteiger charge is 2.45. The number of rotatable bonds is 7. The number of methoxy groups -OCH3 is 1. The maximum absolute atomic E-state index is 11.9. The van der Waals surface area contributed by atoms with Crippen LogP contribution in [-0.2, 0) is 16.3 Å². The Morgan fingerprint density at radius 2 is 1.25 bits per heavy atom. The van der Waals surface area contributed by atoms with Gasteiger partial charge in [-0.2, -0.15) is 0 Å². The summed E-state index contributed by atoms with van der Waals surface area (Å²) in [7, 11) is -5.29. The normalized spacial score (nSPS) is 11.8. The number of ether oxygens (including phenoxy) is 1. The van der Waals surface area contributed by atoms with Gasteiger partial charge in [-0.3, -0.25) is 0 Å². The van der Waals surface area contributed by atoms with E-state index in [0.717, 1.165) is 27.2 Å². The van der Waals surface area contributed by atoms with E-state index in [1.807, 2.05) is 66.7 Å². The summed E-state index contributed by atoms with van der Waals surface area (Å²) < 4.78 is 40.9. The Labute approximate surface area is 189 Å². The van der Waals surface area contributed by atoms with Gasteiger partial charge in [0, 0.05) is 0 Å². The predicted molar refractivity (Wildman–Crippen MR) is 130 cm³/mol. The quantitative estimate of drug-likeness (QED) is 0.307. The van der Waals surface area contributed by atoms with E-state index in [4.69, 9.17) is 4.74 Å². The highest BCUT2D eigenvalue weighted by Crippen LogP contribution is 2.58. The summed E-state index contributed by atoms with van der Waals surface area (Å²) in [5.74, 6) is 0.775. The second-order valence-electron chi connectivity index (χ2n) is 7.44. The molecule has 0 aliphatic heterocycles. The molecule has 4 rings (SSSR count). The van der Waals surface area contributed by atoms with Crippen LogP contribution in [0, 0.1) is 0 Å². The lowest BCUT2D eigenvalue weighted by Gasteiger charge is -2.28. The molecule has 0 heterocycles. The van der Waals surface area contributed by atoms with Crippen LogP contribution in [0.2, 0.25) is 0 Å². The van der Waals surface area contributed by atoms with Crippen molar-refractivity contribution in [2.45, 2.75) is 11.1 Å². The van der Waals surface area contributed by atoms with E-state index >= 15 is 0 Å². The van der Waals surface area contributed by atoms with Crippen LogP contribution >= 0.6 is 7.26 Å². The van der Waals surface area contributed by atoms with Gasteiger partial charge in [-0.1, -0.05) is 54.6 Å². The molecule has 0 amide bonds. The van der Waals surface area contributed by atoms with E-state index in [2.05, 4.69) is 24.3 Å². The van der Waals surface area contributed by atoms with Gasteiger partial charge in [0.15, 0.2) is 0 Å². The second-order valence-corrected chi connectivity index (χ2v) is 12.3. The van der Waals surface area contributed by atoms with Crippen molar-refractivity contribution in [3.8, 4) is 5.75 Å². The van der Waals surface area contributed by atoms with Crippen LogP contribution in [0.3, 0.4) is 0 Å². The summed E-state index contributed by atoms with van der Waals surface area (Å²) >= 11 is 0. The molecule has 0 aliphatic rings. The minimum Gasteiger partial charge on any atom is -0.744 e. The first-order chi connectivity index (χ1) is 15.4. The van der Waals surface area contributed by atoms with Gasteiger partial charge in [-0.05, 0) is 60.2 Å². The molecule has 0 bridgehead atoms. The van der Waals surface area contributed by atoms with E-state index < -0.39 is 17.4 Å². The number of benzene rings is 4. The van der Waals surface area contributed by atoms with E-state index in [9.17, 15) is 13.0 Å². The van der Waals surface area contributed by atoms with E-state index in [1.165, 1.54) is 6.07 Å². The summed E-state index contributed by atoms with van der Waals surface area (Å²) in [6.45, 7) is 0. The standard InChI is InChI=1S/C26H23O4PS/c1-30-22-17-15-21(16-18-22)20-31(23-9-4-2-5-10-23,24-11-6-3-7-12-24)25-13-8-14-26(19-25)32(27,28)29/h2-19H,20H2,1H3. The molecule has 0 radical (unpaired) electrons. The summed E-state index contributed by atoms with van der Waals surface area (Å²) in [6, 6.07) is 34.7. The van der Waals surface area contributed by atoms with Crippen LogP contribution in [0.5, 0.6) is 5.75 Å². The third kappa shape index (κ3) is 4.46. The molecule has 162 valence electrons. The van der Waals surface area contributed by atoms with Crippen LogP contribution in [-0.4, -0.2) is 20.1 Å². The SMILES string of the molecule is COc1ccc(C[P+](c2ccccc2)(c2ccccc2)c2cccc(S(=O)(=O)[O-])c2)cc1. The van der Waals surface area contributed by atoms with Crippen molar-refractivity contribution in [1.82, 2.24) is 0 Å². The Balaban J connectivity index is 2.01. The average Bonchev–Trinajstić information content (AvgIpc) is 2.83. The molecule has 0 spiro atoms. The van der Waals surface area contributed by atoms with Gasteiger partial charge in [0.05, 0.1) is 18.2 Å². The Bertz CT molecular complexity index is 1250. The van der Waals surface area contributed by atoms with Gasteiger partial charge < -0.3 is 9.29 Å². The molecule has 4 aromatic rings. The van der Waals surface area contributed by atoms with Gasteiger partial charge in [0.2, 0.25) is 0 Å².